The highest BCUT2D eigenvalue weighted by Crippen LogP contribution is 2.22. The molecule has 0 spiro atoms. The predicted molar refractivity (Wildman–Crippen MR) is 98.0 cm³/mol. The van der Waals surface area contributed by atoms with Crippen LogP contribution in [-0.2, 0) is 16.0 Å². The van der Waals surface area contributed by atoms with Crippen molar-refractivity contribution in [2.75, 3.05) is 25.6 Å². The molecule has 1 N–H and O–H groups in total. The Hall–Kier alpha value is -3.09. The van der Waals surface area contributed by atoms with Gasteiger partial charge in [-0.2, -0.15) is 0 Å². The van der Waals surface area contributed by atoms with E-state index in [0.29, 0.717) is 17.0 Å². The maximum Gasteiger partial charge on any atom is 0.387 e. The van der Waals surface area contributed by atoms with E-state index in [0.717, 1.165) is 0 Å². The summed E-state index contributed by atoms with van der Waals surface area (Å²) in [6, 6.07) is 15.8. The third-order valence-corrected chi connectivity index (χ3v) is 4.02. The molecule has 0 aromatic heterocycles. The van der Waals surface area contributed by atoms with Crippen LogP contribution in [0.2, 0.25) is 0 Å². The van der Waals surface area contributed by atoms with Gasteiger partial charge in [0.15, 0.2) is 0 Å². The van der Waals surface area contributed by atoms with Crippen molar-refractivity contribution in [1.29, 1.82) is 0 Å². The average Bonchev–Trinajstić information content (AvgIpc) is 2.66. The van der Waals surface area contributed by atoms with Crippen LogP contribution in [-0.4, -0.2) is 36.7 Å². The van der Waals surface area contributed by atoms with E-state index >= 15 is 0 Å². The van der Waals surface area contributed by atoms with Crippen molar-refractivity contribution in [3.05, 3.63) is 70.3 Å². The Morgan fingerprint density at radius 2 is 1.81 bits per heavy atom. The van der Waals surface area contributed by atoms with Crippen LogP contribution in [0, 0.1) is 10.1 Å². The van der Waals surface area contributed by atoms with E-state index in [-0.39, 0.29) is 19.6 Å². The largest absolute Gasteiger partial charge is 0.497 e. The van der Waals surface area contributed by atoms with Crippen molar-refractivity contribution < 1.29 is 19.2 Å². The number of nitro groups is 1. The molecule has 2 rings (SSSR count). The summed E-state index contributed by atoms with van der Waals surface area (Å²) in [6.45, 7) is 1.51. The van der Waals surface area contributed by atoms with Gasteiger partial charge in [-0.3, -0.25) is 10.1 Å². The maximum absolute atomic E-state index is 12.5. The molecular formula is C19H22N2O5. The van der Waals surface area contributed by atoms with Crippen LogP contribution in [0.4, 0.5) is 5.69 Å². The van der Waals surface area contributed by atoms with Crippen LogP contribution >= 0.6 is 0 Å². The predicted octanol–water partition coefficient (Wildman–Crippen LogP) is 2.93. The fourth-order valence-electron chi connectivity index (χ4n) is 2.57. The molecule has 0 radical (unpaired) electrons. The van der Waals surface area contributed by atoms with E-state index in [1.165, 1.54) is 0 Å². The smallest absolute Gasteiger partial charge is 0.387 e. The Labute approximate surface area is 152 Å². The van der Waals surface area contributed by atoms with Crippen LogP contribution in [0.5, 0.6) is 5.75 Å². The Morgan fingerprint density at radius 1 is 1.15 bits per heavy atom. The van der Waals surface area contributed by atoms with Crippen molar-refractivity contribution >= 4 is 11.7 Å². The molecule has 1 unspecified atom stereocenters. The summed E-state index contributed by atoms with van der Waals surface area (Å²) in [6.07, 6.45) is -0.0666. The number of hydrogen-bond acceptors (Lipinski definition) is 6. The van der Waals surface area contributed by atoms with Crippen molar-refractivity contribution in [3.63, 3.8) is 0 Å². The molecule has 2 aromatic rings. The number of carbonyl (C=O) groups excluding carboxylic acids is 1. The summed E-state index contributed by atoms with van der Waals surface area (Å²) in [4.78, 5) is 23.9. The molecule has 0 heterocycles. The van der Waals surface area contributed by atoms with Gasteiger partial charge in [0, 0.05) is 10.6 Å². The fraction of sp³-hybridized carbons (Fsp3) is 0.316. The average molecular weight is 358 g/mol. The van der Waals surface area contributed by atoms with Crippen LogP contribution in [0.15, 0.2) is 54.6 Å². The first-order chi connectivity index (χ1) is 12.5. The van der Waals surface area contributed by atoms with Gasteiger partial charge >= 0.3 is 11.5 Å². The first-order valence-electron chi connectivity index (χ1n) is 8.25. The minimum absolute atomic E-state index is 0.0666. The van der Waals surface area contributed by atoms with Gasteiger partial charge in [-0.1, -0.05) is 30.3 Å². The first-order valence-corrected chi connectivity index (χ1v) is 8.25. The van der Waals surface area contributed by atoms with E-state index < -0.39 is 16.4 Å². The molecule has 1 atom stereocenters. The second-order valence-corrected chi connectivity index (χ2v) is 5.75. The second-order valence-electron chi connectivity index (χ2n) is 5.75. The number of carbonyl (C=O) groups is 1. The van der Waals surface area contributed by atoms with Crippen LogP contribution in [0.1, 0.15) is 12.5 Å². The minimum atomic E-state index is -1.92. The highest BCUT2D eigenvalue weighted by Gasteiger charge is 2.52. The number of anilines is 1. The van der Waals surface area contributed by atoms with E-state index in [9.17, 15) is 14.9 Å². The third-order valence-electron chi connectivity index (χ3n) is 4.02. The lowest BCUT2D eigenvalue weighted by Gasteiger charge is -2.24. The molecule has 7 nitrogen and oxygen atoms in total. The fourth-order valence-corrected chi connectivity index (χ4v) is 2.57. The number of rotatable bonds is 9. The van der Waals surface area contributed by atoms with E-state index in [1.807, 2.05) is 6.07 Å². The summed E-state index contributed by atoms with van der Waals surface area (Å²) in [5.74, 6) is -0.180. The molecular weight excluding hydrogens is 336 g/mol. The lowest BCUT2D eigenvalue weighted by Crippen LogP contribution is -2.54. The molecule has 26 heavy (non-hydrogen) atoms. The minimum Gasteiger partial charge on any atom is -0.497 e. The molecule has 0 saturated carbocycles. The van der Waals surface area contributed by atoms with Crippen molar-refractivity contribution in [2.24, 2.45) is 0 Å². The molecule has 0 bridgehead atoms. The zero-order valence-electron chi connectivity index (χ0n) is 14.8. The second kappa shape index (κ2) is 8.84. The van der Waals surface area contributed by atoms with Crippen molar-refractivity contribution in [1.82, 2.24) is 0 Å². The topological polar surface area (TPSA) is 90.7 Å². The molecule has 0 aliphatic heterocycles. The van der Waals surface area contributed by atoms with Gasteiger partial charge in [0.25, 0.3) is 0 Å². The molecule has 0 aliphatic rings. The highest BCUT2D eigenvalue weighted by molar-refractivity contribution is 5.80. The van der Waals surface area contributed by atoms with Gasteiger partial charge in [-0.05, 0) is 36.8 Å². The molecule has 0 fully saturated rings. The standard InChI is InChI=1S/C19H22N2O5/c1-3-26-18(22)19(21(23)24,13-15-7-5-4-6-8-15)14-20-16-9-11-17(25-2)12-10-16/h4-12,20H,3,13-14H2,1-2H3. The van der Waals surface area contributed by atoms with Gasteiger partial charge in [-0.25, -0.2) is 4.79 Å². The molecule has 0 aliphatic carbocycles. The zero-order valence-corrected chi connectivity index (χ0v) is 14.8. The number of esters is 1. The Balaban J connectivity index is 2.27. The molecule has 0 amide bonds. The molecule has 7 heteroatoms. The maximum atomic E-state index is 12.5. The molecule has 0 saturated heterocycles. The van der Waals surface area contributed by atoms with Gasteiger partial charge in [0.05, 0.1) is 26.7 Å². The number of ether oxygens (including phenoxy) is 2. The molecule has 2 aromatic carbocycles. The van der Waals surface area contributed by atoms with E-state index in [2.05, 4.69) is 5.32 Å². The normalized spacial score (nSPS) is 12.7. The van der Waals surface area contributed by atoms with Crippen molar-refractivity contribution in [2.45, 2.75) is 18.9 Å². The third kappa shape index (κ3) is 4.50. The number of nitrogens with zero attached hydrogens (tertiary/aromatic N) is 1. The van der Waals surface area contributed by atoms with Gasteiger partial charge in [0.1, 0.15) is 5.75 Å². The zero-order chi connectivity index (χ0) is 19.0. The summed E-state index contributed by atoms with van der Waals surface area (Å²) in [5.41, 5.74) is -0.583. The number of methoxy groups -OCH3 is 1. The number of benzene rings is 2. The SMILES string of the molecule is CCOC(=O)C(CNc1ccc(OC)cc1)(Cc1ccccc1)[N+](=O)[O-]. The Kier molecular flexibility index (Phi) is 6.54. The summed E-state index contributed by atoms with van der Waals surface area (Å²) in [5, 5.41) is 14.9. The van der Waals surface area contributed by atoms with Crippen LogP contribution in [0.25, 0.3) is 0 Å². The van der Waals surface area contributed by atoms with E-state index in [4.69, 9.17) is 9.47 Å². The summed E-state index contributed by atoms with van der Waals surface area (Å²) < 4.78 is 10.1. The summed E-state index contributed by atoms with van der Waals surface area (Å²) in [7, 11) is 1.56. The Morgan fingerprint density at radius 3 is 2.35 bits per heavy atom. The quantitative estimate of drug-likeness (QED) is 0.421. The lowest BCUT2D eigenvalue weighted by molar-refractivity contribution is -0.551. The lowest BCUT2D eigenvalue weighted by atomic mass is 9.91. The van der Waals surface area contributed by atoms with Crippen LogP contribution in [0.3, 0.4) is 0 Å². The number of nitrogens with one attached hydrogen (secondary N) is 1. The number of hydrogen-bond donors (Lipinski definition) is 1. The first kappa shape index (κ1) is 19.2. The van der Waals surface area contributed by atoms with E-state index in [1.54, 1.807) is 62.6 Å². The molecule has 138 valence electrons. The highest BCUT2D eigenvalue weighted by atomic mass is 16.6. The summed E-state index contributed by atoms with van der Waals surface area (Å²) >= 11 is 0. The van der Waals surface area contributed by atoms with Gasteiger partial charge < -0.3 is 14.8 Å². The van der Waals surface area contributed by atoms with Crippen LogP contribution < -0.4 is 10.1 Å². The van der Waals surface area contributed by atoms with Gasteiger partial charge in [0.2, 0.25) is 0 Å². The monoisotopic (exact) mass is 358 g/mol. The Bertz CT molecular complexity index is 733. The van der Waals surface area contributed by atoms with Crippen molar-refractivity contribution in [3.8, 4) is 5.75 Å². The van der Waals surface area contributed by atoms with Gasteiger partial charge in [-0.15, -0.1) is 0 Å².